The Bertz CT molecular complexity index is 177. The van der Waals surface area contributed by atoms with Crippen LogP contribution >= 0.6 is 0 Å². The van der Waals surface area contributed by atoms with E-state index < -0.39 is 12.1 Å². The second-order valence-corrected chi connectivity index (χ2v) is 2.90. The van der Waals surface area contributed by atoms with Crippen LogP contribution in [0.2, 0.25) is 0 Å². The Morgan fingerprint density at radius 2 is 2.21 bits per heavy atom. The Morgan fingerprint density at radius 1 is 1.50 bits per heavy atom. The number of aliphatic carboxylic acids is 1. The number of hydrogen-bond donors (Lipinski definition) is 2. The molecule has 4 heteroatoms. The van der Waals surface area contributed by atoms with Crippen LogP contribution in [0.4, 0.5) is 0 Å². The summed E-state index contributed by atoms with van der Waals surface area (Å²) in [5.74, 6) is -1.18. The lowest BCUT2D eigenvalue weighted by Gasteiger charge is -2.00. The maximum Gasteiger partial charge on any atom is 0.332 e. The number of aliphatic hydroxyl groups excluding tert-OH is 1. The van der Waals surface area contributed by atoms with Gasteiger partial charge in [-0.3, -0.25) is 0 Å². The van der Waals surface area contributed by atoms with Gasteiger partial charge in [-0.2, -0.15) is 0 Å². The molecule has 1 atom stereocenters. The summed E-state index contributed by atoms with van der Waals surface area (Å²) in [6, 6.07) is 0. The average molecular weight is 202 g/mol. The molecule has 0 aliphatic rings. The predicted molar refractivity (Wildman–Crippen MR) is 53.1 cm³/mol. The predicted octanol–water partition coefficient (Wildman–Crippen LogP) is 1.19. The van der Waals surface area contributed by atoms with Gasteiger partial charge in [0.05, 0.1) is 0 Å². The normalized spacial score (nSPS) is 13.3. The van der Waals surface area contributed by atoms with Gasteiger partial charge in [0, 0.05) is 19.6 Å². The second kappa shape index (κ2) is 8.72. The molecule has 0 saturated heterocycles. The molecule has 0 fully saturated rings. The summed E-state index contributed by atoms with van der Waals surface area (Å²) in [6.07, 6.45) is 4.22. The second-order valence-electron chi connectivity index (χ2n) is 2.90. The van der Waals surface area contributed by atoms with Crippen LogP contribution in [0.15, 0.2) is 12.2 Å². The van der Waals surface area contributed by atoms with E-state index in [1.807, 2.05) is 13.0 Å². The zero-order valence-corrected chi connectivity index (χ0v) is 8.48. The fourth-order valence-corrected chi connectivity index (χ4v) is 0.891. The molecule has 0 aromatic heterocycles. The molecule has 0 radical (unpaired) electrons. The van der Waals surface area contributed by atoms with E-state index in [1.54, 1.807) is 6.08 Å². The quantitative estimate of drug-likeness (QED) is 0.458. The van der Waals surface area contributed by atoms with Gasteiger partial charge in [-0.25, -0.2) is 4.79 Å². The van der Waals surface area contributed by atoms with Crippen LogP contribution < -0.4 is 0 Å². The Hall–Kier alpha value is -0.870. The van der Waals surface area contributed by atoms with Gasteiger partial charge in [-0.15, -0.1) is 0 Å². The third kappa shape index (κ3) is 7.76. The van der Waals surface area contributed by atoms with E-state index in [0.29, 0.717) is 0 Å². The summed E-state index contributed by atoms with van der Waals surface area (Å²) in [6.45, 7) is 3.39. The number of aliphatic hydroxyl groups is 1. The molecule has 0 saturated carbocycles. The van der Waals surface area contributed by atoms with Crippen molar-refractivity contribution in [1.82, 2.24) is 0 Å². The highest BCUT2D eigenvalue weighted by Crippen LogP contribution is 1.97. The van der Waals surface area contributed by atoms with Gasteiger partial charge >= 0.3 is 5.97 Å². The highest BCUT2D eigenvalue weighted by Gasteiger charge is 2.09. The topological polar surface area (TPSA) is 66.8 Å². The van der Waals surface area contributed by atoms with Crippen molar-refractivity contribution in [2.24, 2.45) is 0 Å². The summed E-state index contributed by atoms with van der Waals surface area (Å²) in [7, 11) is 0. The number of hydrogen-bond acceptors (Lipinski definition) is 3. The number of carboxylic acids is 1. The lowest BCUT2D eigenvalue weighted by molar-refractivity contribution is -0.146. The van der Waals surface area contributed by atoms with Gasteiger partial charge in [0.15, 0.2) is 6.10 Å². The summed E-state index contributed by atoms with van der Waals surface area (Å²) in [5.41, 5.74) is 0. The number of unbranched alkanes of at least 4 members (excludes halogenated alkanes) is 1. The molecule has 82 valence electrons. The molecule has 0 aliphatic heterocycles. The minimum atomic E-state index is -1.28. The van der Waals surface area contributed by atoms with Crippen LogP contribution in [-0.2, 0) is 9.53 Å². The Labute approximate surface area is 84.2 Å². The number of carboxylic acid groups (broad SMARTS) is 1. The molecule has 14 heavy (non-hydrogen) atoms. The zero-order chi connectivity index (χ0) is 10.8. The van der Waals surface area contributed by atoms with Crippen molar-refractivity contribution in [3.8, 4) is 0 Å². The first kappa shape index (κ1) is 13.1. The van der Waals surface area contributed by atoms with Crippen LogP contribution in [0.5, 0.6) is 0 Å². The fourth-order valence-electron chi connectivity index (χ4n) is 0.891. The Balaban J connectivity index is 3.31. The maximum atomic E-state index is 10.2. The van der Waals surface area contributed by atoms with Gasteiger partial charge in [0.1, 0.15) is 0 Å². The molecular weight excluding hydrogens is 184 g/mol. The van der Waals surface area contributed by atoms with E-state index in [9.17, 15) is 4.79 Å². The van der Waals surface area contributed by atoms with E-state index >= 15 is 0 Å². The smallest absolute Gasteiger partial charge is 0.332 e. The largest absolute Gasteiger partial charge is 0.479 e. The molecule has 0 spiro atoms. The molecule has 0 bridgehead atoms. The van der Waals surface area contributed by atoms with Crippen LogP contribution in [0.3, 0.4) is 0 Å². The molecule has 0 amide bonds. The van der Waals surface area contributed by atoms with Crippen molar-refractivity contribution in [2.45, 2.75) is 32.3 Å². The van der Waals surface area contributed by atoms with Crippen molar-refractivity contribution in [2.75, 3.05) is 13.2 Å². The summed E-state index contributed by atoms with van der Waals surface area (Å²) >= 11 is 0. The molecular formula is C10H18O4. The molecule has 4 nitrogen and oxygen atoms in total. The van der Waals surface area contributed by atoms with Crippen molar-refractivity contribution < 1.29 is 19.7 Å². The number of allylic oxidation sites excluding steroid dienone is 1. The SMILES string of the molecule is CCOCCCC=CCC(O)C(=O)O. The minimum Gasteiger partial charge on any atom is -0.479 e. The first-order chi connectivity index (χ1) is 6.68. The lowest BCUT2D eigenvalue weighted by Crippen LogP contribution is -2.17. The van der Waals surface area contributed by atoms with Gasteiger partial charge in [-0.05, 0) is 19.8 Å². The maximum absolute atomic E-state index is 10.2. The number of carbonyl (C=O) groups is 1. The standard InChI is InChI=1S/C10H18O4/c1-2-14-8-6-4-3-5-7-9(11)10(12)13/h3,5,9,11H,2,4,6-8H2,1H3,(H,12,13). The van der Waals surface area contributed by atoms with Crippen molar-refractivity contribution in [1.29, 1.82) is 0 Å². The van der Waals surface area contributed by atoms with E-state index in [2.05, 4.69) is 0 Å². The minimum absolute atomic E-state index is 0.171. The van der Waals surface area contributed by atoms with Crippen molar-refractivity contribution in [3.05, 3.63) is 12.2 Å². The first-order valence-electron chi connectivity index (χ1n) is 4.82. The third-order valence-corrected chi connectivity index (χ3v) is 1.67. The molecule has 0 aliphatic carbocycles. The lowest BCUT2D eigenvalue weighted by atomic mass is 10.2. The van der Waals surface area contributed by atoms with Gasteiger partial charge in [0.25, 0.3) is 0 Å². The zero-order valence-electron chi connectivity index (χ0n) is 8.48. The molecule has 0 heterocycles. The molecule has 0 aromatic carbocycles. The third-order valence-electron chi connectivity index (χ3n) is 1.67. The van der Waals surface area contributed by atoms with E-state index in [-0.39, 0.29) is 6.42 Å². The van der Waals surface area contributed by atoms with Crippen molar-refractivity contribution in [3.63, 3.8) is 0 Å². The average Bonchev–Trinajstić information content (AvgIpc) is 2.16. The molecule has 2 N–H and O–H groups in total. The summed E-state index contributed by atoms with van der Waals surface area (Å²) in [5, 5.41) is 17.2. The molecule has 0 aromatic rings. The first-order valence-corrected chi connectivity index (χ1v) is 4.82. The highest BCUT2D eigenvalue weighted by atomic mass is 16.5. The van der Waals surface area contributed by atoms with E-state index in [1.165, 1.54) is 0 Å². The van der Waals surface area contributed by atoms with Crippen LogP contribution in [0.1, 0.15) is 26.2 Å². The summed E-state index contributed by atoms with van der Waals surface area (Å²) in [4.78, 5) is 10.2. The van der Waals surface area contributed by atoms with Crippen LogP contribution in [0, 0.1) is 0 Å². The van der Waals surface area contributed by atoms with Gasteiger partial charge in [-0.1, -0.05) is 12.2 Å². The number of rotatable bonds is 8. The Morgan fingerprint density at radius 3 is 2.79 bits per heavy atom. The van der Waals surface area contributed by atoms with E-state index in [0.717, 1.165) is 26.1 Å². The van der Waals surface area contributed by atoms with Gasteiger partial charge in [0.2, 0.25) is 0 Å². The van der Waals surface area contributed by atoms with Crippen molar-refractivity contribution >= 4 is 5.97 Å². The van der Waals surface area contributed by atoms with Gasteiger partial charge < -0.3 is 14.9 Å². The monoisotopic (exact) mass is 202 g/mol. The Kier molecular flexibility index (Phi) is 8.17. The highest BCUT2D eigenvalue weighted by molar-refractivity contribution is 5.72. The number of ether oxygens (including phenoxy) is 1. The summed E-state index contributed by atoms with van der Waals surface area (Å²) < 4.78 is 5.12. The fraction of sp³-hybridized carbons (Fsp3) is 0.700. The van der Waals surface area contributed by atoms with Crippen LogP contribution in [0.25, 0.3) is 0 Å². The van der Waals surface area contributed by atoms with E-state index in [4.69, 9.17) is 14.9 Å². The molecule has 0 rings (SSSR count). The molecule has 1 unspecified atom stereocenters. The van der Waals surface area contributed by atoms with Crippen LogP contribution in [-0.4, -0.2) is 35.5 Å².